The molecule has 0 radical (unpaired) electrons. The lowest BCUT2D eigenvalue weighted by Gasteiger charge is -2.12. The average molecular weight is 419 g/mol. The van der Waals surface area contributed by atoms with Crippen molar-refractivity contribution in [2.45, 2.75) is 11.8 Å². The summed E-state index contributed by atoms with van der Waals surface area (Å²) in [5.41, 5.74) is 1.80. The van der Waals surface area contributed by atoms with E-state index in [1.165, 1.54) is 30.3 Å². The number of carbonyl (C=O) groups excluding carboxylic acids is 1. The molecule has 1 amide bonds. The third-order valence-corrected chi connectivity index (χ3v) is 5.84. The van der Waals surface area contributed by atoms with Crippen LogP contribution in [0.3, 0.4) is 0 Å². The molecule has 0 unspecified atom stereocenters. The second-order valence-corrected chi connectivity index (χ2v) is 8.08. The van der Waals surface area contributed by atoms with Crippen LogP contribution in [-0.4, -0.2) is 14.3 Å². The van der Waals surface area contributed by atoms with Crippen LogP contribution >= 0.6 is 11.6 Å². The molecule has 2 N–H and O–H groups in total. The summed E-state index contributed by atoms with van der Waals surface area (Å²) in [6.07, 6.45) is 0. The van der Waals surface area contributed by atoms with Crippen molar-refractivity contribution in [2.24, 2.45) is 0 Å². The lowest BCUT2D eigenvalue weighted by molar-refractivity contribution is 0.102. The molecular weight excluding hydrogens is 403 g/mol. The van der Waals surface area contributed by atoms with Crippen LogP contribution in [0.5, 0.6) is 0 Å². The fourth-order valence-electron chi connectivity index (χ4n) is 2.49. The highest BCUT2D eigenvalue weighted by molar-refractivity contribution is 7.92. The third-order valence-electron chi connectivity index (χ3n) is 3.97. The lowest BCUT2D eigenvalue weighted by atomic mass is 10.1. The van der Waals surface area contributed by atoms with Gasteiger partial charge in [0, 0.05) is 16.9 Å². The molecule has 0 aromatic heterocycles. The van der Waals surface area contributed by atoms with Crippen molar-refractivity contribution < 1.29 is 17.6 Å². The highest BCUT2D eigenvalue weighted by Crippen LogP contribution is 2.26. The number of aryl methyl sites for hydroxylation is 1. The fourth-order valence-corrected chi connectivity index (χ4v) is 4.07. The summed E-state index contributed by atoms with van der Waals surface area (Å²) in [6.45, 7) is 1.85. The maximum absolute atomic E-state index is 13.0. The highest BCUT2D eigenvalue weighted by Gasteiger charge is 2.21. The zero-order valence-corrected chi connectivity index (χ0v) is 16.3. The Morgan fingerprint density at radius 3 is 2.36 bits per heavy atom. The van der Waals surface area contributed by atoms with E-state index in [1.54, 1.807) is 12.1 Å². The van der Waals surface area contributed by atoms with Crippen molar-refractivity contribution in [1.29, 1.82) is 0 Å². The molecule has 0 aliphatic rings. The van der Waals surface area contributed by atoms with Gasteiger partial charge in [-0.05, 0) is 61.0 Å². The SMILES string of the molecule is Cc1ccccc1NC(=O)c1ccc(Cl)c(S(=O)(=O)Nc2ccc(F)cc2)c1. The molecule has 3 aromatic rings. The van der Waals surface area contributed by atoms with Gasteiger partial charge in [0.1, 0.15) is 10.7 Å². The minimum Gasteiger partial charge on any atom is -0.322 e. The van der Waals surface area contributed by atoms with Gasteiger partial charge in [0.2, 0.25) is 0 Å². The lowest BCUT2D eigenvalue weighted by Crippen LogP contribution is -2.16. The van der Waals surface area contributed by atoms with Crippen LogP contribution in [0, 0.1) is 12.7 Å². The Labute approximate surface area is 167 Å². The Kier molecular flexibility index (Phi) is 5.67. The first-order chi connectivity index (χ1) is 13.3. The van der Waals surface area contributed by atoms with Gasteiger partial charge in [-0.2, -0.15) is 0 Å². The number of hydrogen-bond acceptors (Lipinski definition) is 3. The van der Waals surface area contributed by atoms with Gasteiger partial charge >= 0.3 is 0 Å². The maximum atomic E-state index is 13.0. The number of anilines is 2. The van der Waals surface area contributed by atoms with E-state index in [0.29, 0.717) is 5.69 Å². The Morgan fingerprint density at radius 1 is 1.00 bits per heavy atom. The molecule has 0 spiro atoms. The predicted molar refractivity (Wildman–Crippen MR) is 108 cm³/mol. The van der Waals surface area contributed by atoms with E-state index in [9.17, 15) is 17.6 Å². The van der Waals surface area contributed by atoms with Gasteiger partial charge in [-0.3, -0.25) is 9.52 Å². The molecule has 144 valence electrons. The average Bonchev–Trinajstić information content (AvgIpc) is 2.65. The number of benzene rings is 3. The zero-order valence-electron chi connectivity index (χ0n) is 14.7. The van der Waals surface area contributed by atoms with E-state index in [0.717, 1.165) is 17.7 Å². The summed E-state index contributed by atoms with van der Waals surface area (Å²) in [6, 6.07) is 16.0. The number of hydrogen-bond donors (Lipinski definition) is 2. The Hall–Kier alpha value is -2.90. The first-order valence-electron chi connectivity index (χ1n) is 8.21. The number of amides is 1. The maximum Gasteiger partial charge on any atom is 0.263 e. The fraction of sp³-hybridized carbons (Fsp3) is 0.0500. The van der Waals surface area contributed by atoms with Crippen LogP contribution < -0.4 is 10.0 Å². The summed E-state index contributed by atoms with van der Waals surface area (Å²) in [5.74, 6) is -0.958. The number of sulfonamides is 1. The van der Waals surface area contributed by atoms with E-state index in [2.05, 4.69) is 10.0 Å². The third kappa shape index (κ3) is 4.49. The molecule has 3 aromatic carbocycles. The molecule has 0 bridgehead atoms. The normalized spacial score (nSPS) is 11.1. The molecule has 0 aliphatic heterocycles. The molecular formula is C20H16ClFN2O3S. The van der Waals surface area contributed by atoms with E-state index in [1.807, 2.05) is 19.1 Å². The molecule has 0 heterocycles. The second-order valence-electron chi connectivity index (χ2n) is 6.03. The Morgan fingerprint density at radius 2 is 1.68 bits per heavy atom. The van der Waals surface area contributed by atoms with Crippen LogP contribution in [0.2, 0.25) is 5.02 Å². The van der Waals surface area contributed by atoms with Crippen LogP contribution in [0.4, 0.5) is 15.8 Å². The van der Waals surface area contributed by atoms with E-state index < -0.39 is 21.7 Å². The van der Waals surface area contributed by atoms with Crippen molar-refractivity contribution >= 4 is 38.9 Å². The molecule has 8 heteroatoms. The number of halogens is 2. The summed E-state index contributed by atoms with van der Waals surface area (Å²) in [4.78, 5) is 12.3. The van der Waals surface area contributed by atoms with Crippen LogP contribution in [-0.2, 0) is 10.0 Å². The highest BCUT2D eigenvalue weighted by atomic mass is 35.5. The van der Waals surface area contributed by atoms with E-state index in [-0.39, 0.29) is 21.2 Å². The van der Waals surface area contributed by atoms with Gasteiger partial charge in [0.15, 0.2) is 0 Å². The van der Waals surface area contributed by atoms with Crippen molar-refractivity contribution in [2.75, 3.05) is 10.0 Å². The van der Waals surface area contributed by atoms with Gasteiger partial charge < -0.3 is 5.32 Å². The minimum absolute atomic E-state index is 0.0398. The molecule has 0 saturated carbocycles. The van der Waals surface area contributed by atoms with Crippen LogP contribution in [0.1, 0.15) is 15.9 Å². The number of rotatable bonds is 5. The van der Waals surface area contributed by atoms with Crippen LogP contribution in [0.15, 0.2) is 71.6 Å². The van der Waals surface area contributed by atoms with Crippen molar-refractivity contribution in [1.82, 2.24) is 0 Å². The minimum atomic E-state index is -4.08. The van der Waals surface area contributed by atoms with E-state index >= 15 is 0 Å². The molecule has 28 heavy (non-hydrogen) atoms. The number of para-hydroxylation sites is 1. The topological polar surface area (TPSA) is 75.3 Å². The van der Waals surface area contributed by atoms with Gasteiger partial charge in [-0.15, -0.1) is 0 Å². The van der Waals surface area contributed by atoms with Crippen molar-refractivity contribution in [3.63, 3.8) is 0 Å². The van der Waals surface area contributed by atoms with Crippen molar-refractivity contribution in [3.8, 4) is 0 Å². The number of nitrogens with one attached hydrogen (secondary N) is 2. The van der Waals surface area contributed by atoms with Gasteiger partial charge in [-0.25, -0.2) is 12.8 Å². The Bertz CT molecular complexity index is 1130. The second kappa shape index (κ2) is 8.00. The van der Waals surface area contributed by atoms with Gasteiger partial charge in [0.25, 0.3) is 15.9 Å². The Balaban J connectivity index is 1.89. The first kappa shape index (κ1) is 19.9. The molecule has 0 atom stereocenters. The van der Waals surface area contributed by atoms with Crippen LogP contribution in [0.25, 0.3) is 0 Å². The summed E-state index contributed by atoms with van der Waals surface area (Å²) < 4.78 is 40.7. The number of carbonyl (C=O) groups is 1. The standard InChI is InChI=1S/C20H16ClFN2O3S/c1-13-4-2-3-5-18(13)23-20(25)14-6-11-17(21)19(12-14)28(26,27)24-16-9-7-15(22)8-10-16/h2-12,24H,1H3,(H,23,25). The van der Waals surface area contributed by atoms with Crippen molar-refractivity contribution in [3.05, 3.63) is 88.7 Å². The summed E-state index contributed by atoms with van der Waals surface area (Å²) in [5, 5.41) is 2.70. The van der Waals surface area contributed by atoms with E-state index in [4.69, 9.17) is 11.6 Å². The molecule has 5 nitrogen and oxygen atoms in total. The first-order valence-corrected chi connectivity index (χ1v) is 10.1. The molecule has 0 fully saturated rings. The molecule has 0 aliphatic carbocycles. The van der Waals surface area contributed by atoms with Gasteiger partial charge in [0.05, 0.1) is 5.02 Å². The van der Waals surface area contributed by atoms with Gasteiger partial charge in [-0.1, -0.05) is 29.8 Å². The predicted octanol–water partition coefficient (Wildman–Crippen LogP) is 4.84. The quantitative estimate of drug-likeness (QED) is 0.622. The summed E-state index contributed by atoms with van der Waals surface area (Å²) in [7, 11) is -4.08. The summed E-state index contributed by atoms with van der Waals surface area (Å²) >= 11 is 6.05. The molecule has 0 saturated heterocycles. The zero-order chi connectivity index (χ0) is 20.3. The molecule has 3 rings (SSSR count). The largest absolute Gasteiger partial charge is 0.322 e. The monoisotopic (exact) mass is 418 g/mol. The smallest absolute Gasteiger partial charge is 0.263 e.